The van der Waals surface area contributed by atoms with Gasteiger partial charge in [-0.2, -0.15) is 10.1 Å². The van der Waals surface area contributed by atoms with Crippen LogP contribution in [0, 0.1) is 0 Å². The average Bonchev–Trinajstić information content (AvgIpc) is 2.76. The monoisotopic (exact) mass is 247 g/mol. The minimum absolute atomic E-state index is 0.295. The lowest BCUT2D eigenvalue weighted by molar-refractivity contribution is 0.455. The maximum absolute atomic E-state index is 5.69. The van der Waals surface area contributed by atoms with E-state index in [1.165, 1.54) is 0 Å². The molecule has 2 rings (SSSR count). The summed E-state index contributed by atoms with van der Waals surface area (Å²) in [5, 5.41) is 4.19. The maximum Gasteiger partial charge on any atom is 0.224 e. The molecule has 0 aliphatic rings. The molecule has 0 bridgehead atoms. The molecule has 0 spiro atoms. The second-order valence-electron chi connectivity index (χ2n) is 4.25. The second kappa shape index (κ2) is 5.03. The molecule has 2 N–H and O–H groups in total. The smallest absolute Gasteiger partial charge is 0.224 e. The third-order valence-electron chi connectivity index (χ3n) is 2.41. The van der Waals surface area contributed by atoms with Crippen molar-refractivity contribution in [2.75, 3.05) is 5.73 Å². The van der Waals surface area contributed by atoms with Crippen molar-refractivity contribution in [3.63, 3.8) is 0 Å². The predicted octanol–water partition coefficient (Wildman–Crippen LogP) is 2.19. The van der Waals surface area contributed by atoms with Crippen molar-refractivity contribution in [1.82, 2.24) is 19.7 Å². The summed E-state index contributed by atoms with van der Waals surface area (Å²) in [5.74, 6) is 2.17. The number of hydrogen-bond donors (Lipinski definition) is 1. The SMILES string of the molecule is CCc1nc(N)cc(Oc2cnn(C(C)C)c2)n1. The number of aromatic nitrogens is 4. The number of aryl methyl sites for hydroxylation is 1. The first-order valence-electron chi connectivity index (χ1n) is 5.94. The summed E-state index contributed by atoms with van der Waals surface area (Å²) in [4.78, 5) is 8.34. The molecule has 0 fully saturated rings. The fourth-order valence-electron chi connectivity index (χ4n) is 1.48. The first kappa shape index (κ1) is 12.3. The van der Waals surface area contributed by atoms with Crippen LogP contribution in [0.15, 0.2) is 18.5 Å². The van der Waals surface area contributed by atoms with Crippen molar-refractivity contribution in [1.29, 1.82) is 0 Å². The van der Waals surface area contributed by atoms with E-state index < -0.39 is 0 Å². The molecule has 0 aliphatic heterocycles. The maximum atomic E-state index is 5.69. The van der Waals surface area contributed by atoms with Gasteiger partial charge in [-0.15, -0.1) is 0 Å². The molecular formula is C12H17N5O. The van der Waals surface area contributed by atoms with Crippen LogP contribution in [0.4, 0.5) is 5.82 Å². The van der Waals surface area contributed by atoms with E-state index in [1.54, 1.807) is 12.3 Å². The molecule has 2 heterocycles. The van der Waals surface area contributed by atoms with Crippen molar-refractivity contribution >= 4 is 5.82 Å². The molecule has 6 nitrogen and oxygen atoms in total. The molecule has 0 unspecified atom stereocenters. The molecule has 0 aromatic carbocycles. The Morgan fingerprint density at radius 2 is 2.17 bits per heavy atom. The Morgan fingerprint density at radius 3 is 2.78 bits per heavy atom. The summed E-state index contributed by atoms with van der Waals surface area (Å²) in [6.45, 7) is 6.07. The highest BCUT2D eigenvalue weighted by Crippen LogP contribution is 2.21. The van der Waals surface area contributed by atoms with Gasteiger partial charge in [0, 0.05) is 18.5 Å². The lowest BCUT2D eigenvalue weighted by atomic mass is 10.4. The minimum atomic E-state index is 0.295. The van der Waals surface area contributed by atoms with Gasteiger partial charge in [-0.1, -0.05) is 6.92 Å². The Labute approximate surface area is 106 Å². The number of rotatable bonds is 4. The van der Waals surface area contributed by atoms with Crippen LogP contribution >= 0.6 is 0 Å². The average molecular weight is 247 g/mol. The van der Waals surface area contributed by atoms with Crippen LogP contribution in [0.1, 0.15) is 32.6 Å². The fraction of sp³-hybridized carbons (Fsp3) is 0.417. The molecule has 2 aromatic heterocycles. The van der Waals surface area contributed by atoms with Gasteiger partial charge in [0.1, 0.15) is 11.6 Å². The number of hydrogen-bond acceptors (Lipinski definition) is 5. The lowest BCUT2D eigenvalue weighted by Gasteiger charge is -2.05. The summed E-state index contributed by atoms with van der Waals surface area (Å²) >= 11 is 0. The lowest BCUT2D eigenvalue weighted by Crippen LogP contribution is -2.01. The summed E-state index contributed by atoms with van der Waals surface area (Å²) in [6, 6.07) is 1.90. The van der Waals surface area contributed by atoms with E-state index in [1.807, 2.05) is 17.8 Å². The molecule has 2 aromatic rings. The van der Waals surface area contributed by atoms with Gasteiger partial charge in [0.25, 0.3) is 0 Å². The largest absolute Gasteiger partial charge is 0.436 e. The van der Waals surface area contributed by atoms with Crippen molar-refractivity contribution in [2.45, 2.75) is 33.2 Å². The van der Waals surface area contributed by atoms with Crippen molar-refractivity contribution in [2.24, 2.45) is 0 Å². The van der Waals surface area contributed by atoms with E-state index in [0.717, 1.165) is 0 Å². The van der Waals surface area contributed by atoms with Crippen LogP contribution in [-0.2, 0) is 6.42 Å². The minimum Gasteiger partial charge on any atom is -0.436 e. The highest BCUT2D eigenvalue weighted by molar-refractivity contribution is 5.34. The molecule has 0 amide bonds. The van der Waals surface area contributed by atoms with Crippen molar-refractivity contribution in [3.05, 3.63) is 24.3 Å². The van der Waals surface area contributed by atoms with Crippen LogP contribution in [-0.4, -0.2) is 19.7 Å². The molecule has 96 valence electrons. The number of nitrogens with two attached hydrogens (primary N) is 1. The zero-order valence-corrected chi connectivity index (χ0v) is 10.8. The third kappa shape index (κ3) is 2.77. The van der Waals surface area contributed by atoms with Crippen molar-refractivity contribution in [3.8, 4) is 11.6 Å². The fourth-order valence-corrected chi connectivity index (χ4v) is 1.48. The Balaban J connectivity index is 2.19. The standard InChI is InChI=1S/C12H17N5O/c1-4-11-15-10(13)5-12(16-11)18-9-6-14-17(7-9)8(2)3/h5-8H,4H2,1-3H3,(H2,13,15,16). The van der Waals surface area contributed by atoms with E-state index in [4.69, 9.17) is 10.5 Å². The molecular weight excluding hydrogens is 230 g/mol. The highest BCUT2D eigenvalue weighted by atomic mass is 16.5. The molecule has 0 atom stereocenters. The van der Waals surface area contributed by atoms with Crippen molar-refractivity contribution < 1.29 is 4.74 Å². The van der Waals surface area contributed by atoms with E-state index in [2.05, 4.69) is 28.9 Å². The van der Waals surface area contributed by atoms with E-state index in [-0.39, 0.29) is 0 Å². The Bertz CT molecular complexity index is 535. The molecule has 0 aliphatic carbocycles. The molecule has 0 radical (unpaired) electrons. The number of ether oxygens (including phenoxy) is 1. The Hall–Kier alpha value is -2.11. The van der Waals surface area contributed by atoms with Gasteiger partial charge in [0.05, 0.1) is 12.4 Å². The topological polar surface area (TPSA) is 78.9 Å². The first-order chi connectivity index (χ1) is 8.58. The van der Waals surface area contributed by atoms with E-state index in [9.17, 15) is 0 Å². The van der Waals surface area contributed by atoms with Gasteiger partial charge in [-0.3, -0.25) is 4.68 Å². The third-order valence-corrected chi connectivity index (χ3v) is 2.41. The zero-order valence-electron chi connectivity index (χ0n) is 10.8. The van der Waals surface area contributed by atoms with E-state index >= 15 is 0 Å². The van der Waals surface area contributed by atoms with Gasteiger partial charge < -0.3 is 10.5 Å². The summed E-state index contributed by atoms with van der Waals surface area (Å²) in [6.07, 6.45) is 4.20. The van der Waals surface area contributed by atoms with Gasteiger partial charge in [-0.25, -0.2) is 4.98 Å². The summed E-state index contributed by atoms with van der Waals surface area (Å²) in [7, 11) is 0. The molecule has 0 saturated heterocycles. The number of anilines is 1. The highest BCUT2D eigenvalue weighted by Gasteiger charge is 2.07. The quantitative estimate of drug-likeness (QED) is 0.895. The van der Waals surface area contributed by atoms with Gasteiger partial charge in [0.15, 0.2) is 5.75 Å². The summed E-state index contributed by atoms with van der Waals surface area (Å²) < 4.78 is 7.44. The molecule has 0 saturated carbocycles. The van der Waals surface area contributed by atoms with Crippen LogP contribution in [0.5, 0.6) is 11.6 Å². The Kier molecular flexibility index (Phi) is 3.45. The van der Waals surface area contributed by atoms with Crippen LogP contribution in [0.25, 0.3) is 0 Å². The van der Waals surface area contributed by atoms with Gasteiger partial charge in [-0.05, 0) is 13.8 Å². The second-order valence-corrected chi connectivity index (χ2v) is 4.25. The number of nitrogen functional groups attached to an aromatic ring is 1. The normalized spacial score (nSPS) is 10.9. The number of nitrogens with zero attached hydrogens (tertiary/aromatic N) is 4. The van der Waals surface area contributed by atoms with Gasteiger partial charge >= 0.3 is 0 Å². The van der Waals surface area contributed by atoms with E-state index in [0.29, 0.717) is 35.7 Å². The first-order valence-corrected chi connectivity index (χ1v) is 5.94. The molecule has 6 heteroatoms. The van der Waals surface area contributed by atoms with Crippen LogP contribution in [0.3, 0.4) is 0 Å². The zero-order chi connectivity index (χ0) is 13.1. The van der Waals surface area contributed by atoms with Gasteiger partial charge in [0.2, 0.25) is 5.88 Å². The predicted molar refractivity (Wildman–Crippen MR) is 68.5 cm³/mol. The molecule has 18 heavy (non-hydrogen) atoms. The summed E-state index contributed by atoms with van der Waals surface area (Å²) in [5.41, 5.74) is 5.69. The van der Waals surface area contributed by atoms with Crippen LogP contribution < -0.4 is 10.5 Å². The Morgan fingerprint density at radius 1 is 1.39 bits per heavy atom. The van der Waals surface area contributed by atoms with Crippen LogP contribution in [0.2, 0.25) is 0 Å².